The average molecular weight is 461 g/mol. The van der Waals surface area contributed by atoms with Crippen molar-refractivity contribution in [2.45, 2.75) is 50.0 Å². The van der Waals surface area contributed by atoms with Crippen LogP contribution < -0.4 is 0 Å². The number of H-pyrrole nitrogens is 1. The van der Waals surface area contributed by atoms with Crippen LogP contribution in [0, 0.1) is 5.92 Å². The van der Waals surface area contributed by atoms with E-state index < -0.39 is 0 Å². The van der Waals surface area contributed by atoms with E-state index in [2.05, 4.69) is 82.5 Å². The molecule has 176 valence electrons. The molecule has 2 aliphatic carbocycles. The maximum atomic E-state index is 4.73. The number of rotatable bonds is 3. The topological polar surface area (TPSA) is 44.8 Å². The summed E-state index contributed by atoms with van der Waals surface area (Å²) in [6.07, 6.45) is 13.6. The zero-order chi connectivity index (χ0) is 23.4. The van der Waals surface area contributed by atoms with Crippen molar-refractivity contribution in [2.75, 3.05) is 13.1 Å². The predicted octanol–water partition coefficient (Wildman–Crippen LogP) is 6.57. The van der Waals surface area contributed by atoms with E-state index in [4.69, 9.17) is 4.98 Å². The van der Waals surface area contributed by atoms with Gasteiger partial charge in [0.15, 0.2) is 0 Å². The summed E-state index contributed by atoms with van der Waals surface area (Å²) in [6, 6.07) is 20.8. The molecule has 0 radical (unpaired) electrons. The highest BCUT2D eigenvalue weighted by Crippen LogP contribution is 2.48. The average Bonchev–Trinajstić information content (AvgIpc) is 3.64. The monoisotopic (exact) mass is 460 g/mol. The molecule has 1 saturated heterocycles. The second-order valence-electron chi connectivity index (χ2n) is 10.9. The van der Waals surface area contributed by atoms with E-state index in [-0.39, 0.29) is 5.41 Å². The number of likely N-dealkylation sites (tertiary alicyclic amines) is 1. The zero-order valence-electron chi connectivity index (χ0n) is 20.3. The lowest BCUT2D eigenvalue weighted by molar-refractivity contribution is 0.0898. The van der Waals surface area contributed by atoms with Gasteiger partial charge in [0.05, 0.1) is 17.2 Å². The number of piperidine rings is 1. The summed E-state index contributed by atoms with van der Waals surface area (Å²) in [4.78, 5) is 15.1. The number of imidazole rings is 1. The SMILES string of the molecule is CC1CN(C2CCC(c3ccc(-c4nc5ccncc5[nH]4)cc3)C2)CCC12C=Cc1ccccc12. The largest absolute Gasteiger partial charge is 0.337 e. The van der Waals surface area contributed by atoms with Crippen molar-refractivity contribution >= 4 is 17.1 Å². The molecule has 1 aliphatic heterocycles. The van der Waals surface area contributed by atoms with Crippen LogP contribution in [0.3, 0.4) is 0 Å². The van der Waals surface area contributed by atoms with E-state index in [1.807, 2.05) is 12.3 Å². The Balaban J connectivity index is 1.03. The number of hydrogen-bond donors (Lipinski definition) is 1. The highest BCUT2D eigenvalue weighted by Gasteiger charge is 2.45. The summed E-state index contributed by atoms with van der Waals surface area (Å²) in [5.74, 6) is 2.23. The molecule has 2 fully saturated rings. The predicted molar refractivity (Wildman–Crippen MR) is 142 cm³/mol. The van der Waals surface area contributed by atoms with Crippen molar-refractivity contribution in [3.05, 3.63) is 89.8 Å². The molecule has 4 aromatic rings. The van der Waals surface area contributed by atoms with E-state index in [0.29, 0.717) is 17.9 Å². The summed E-state index contributed by atoms with van der Waals surface area (Å²) in [6.45, 7) is 4.88. The number of aromatic nitrogens is 3. The van der Waals surface area contributed by atoms with Gasteiger partial charge in [-0.25, -0.2) is 4.98 Å². The molecule has 3 heterocycles. The number of allylic oxidation sites excluding steroid dienone is 1. The number of aromatic amines is 1. The van der Waals surface area contributed by atoms with Gasteiger partial charge in [-0.2, -0.15) is 0 Å². The van der Waals surface area contributed by atoms with E-state index in [1.54, 1.807) is 11.8 Å². The Bertz CT molecular complexity index is 1370. The normalized spacial score (nSPS) is 28.2. The fraction of sp³-hybridized carbons (Fsp3) is 0.355. The number of benzene rings is 2. The van der Waals surface area contributed by atoms with Crippen molar-refractivity contribution in [3.8, 4) is 11.4 Å². The quantitative estimate of drug-likeness (QED) is 0.376. The third-order valence-corrected chi connectivity index (χ3v) is 9.08. The summed E-state index contributed by atoms with van der Waals surface area (Å²) in [7, 11) is 0. The first-order chi connectivity index (χ1) is 17.2. The lowest BCUT2D eigenvalue weighted by Crippen LogP contribution is -2.50. The summed E-state index contributed by atoms with van der Waals surface area (Å²) >= 11 is 0. The van der Waals surface area contributed by atoms with E-state index in [1.165, 1.54) is 49.9 Å². The summed E-state index contributed by atoms with van der Waals surface area (Å²) in [5.41, 5.74) is 7.79. The lowest BCUT2D eigenvalue weighted by Gasteiger charge is -2.46. The molecule has 4 unspecified atom stereocenters. The van der Waals surface area contributed by atoms with Crippen molar-refractivity contribution in [2.24, 2.45) is 5.92 Å². The van der Waals surface area contributed by atoms with Crippen LogP contribution in [-0.2, 0) is 5.41 Å². The first-order valence-corrected chi connectivity index (χ1v) is 13.1. The van der Waals surface area contributed by atoms with Crippen LogP contribution in [-0.4, -0.2) is 39.0 Å². The summed E-state index contributed by atoms with van der Waals surface area (Å²) < 4.78 is 0. The number of hydrogen-bond acceptors (Lipinski definition) is 3. The number of fused-ring (bicyclic) bond motifs is 3. The summed E-state index contributed by atoms with van der Waals surface area (Å²) in [5, 5.41) is 0. The minimum atomic E-state index is 0.244. The first-order valence-electron chi connectivity index (χ1n) is 13.1. The van der Waals surface area contributed by atoms with Crippen LogP contribution in [0.25, 0.3) is 28.5 Å². The molecular weight excluding hydrogens is 428 g/mol. The van der Waals surface area contributed by atoms with Crippen LogP contribution in [0.15, 0.2) is 73.1 Å². The van der Waals surface area contributed by atoms with Gasteiger partial charge in [0.25, 0.3) is 0 Å². The molecule has 3 aliphatic rings. The Morgan fingerprint density at radius 2 is 1.91 bits per heavy atom. The second kappa shape index (κ2) is 8.17. The molecule has 1 spiro atoms. The van der Waals surface area contributed by atoms with Gasteiger partial charge in [0.1, 0.15) is 5.82 Å². The highest BCUT2D eigenvalue weighted by atomic mass is 15.2. The van der Waals surface area contributed by atoms with Crippen LogP contribution in [0.4, 0.5) is 0 Å². The van der Waals surface area contributed by atoms with E-state index in [9.17, 15) is 0 Å². The van der Waals surface area contributed by atoms with Gasteiger partial charge in [-0.05, 0) is 66.8 Å². The minimum absolute atomic E-state index is 0.244. The Labute approximate surface area is 207 Å². The smallest absolute Gasteiger partial charge is 0.138 e. The minimum Gasteiger partial charge on any atom is -0.337 e. The van der Waals surface area contributed by atoms with Crippen LogP contribution in [0.1, 0.15) is 55.2 Å². The van der Waals surface area contributed by atoms with Gasteiger partial charge in [0.2, 0.25) is 0 Å². The Morgan fingerprint density at radius 1 is 1.03 bits per heavy atom. The molecule has 1 saturated carbocycles. The fourth-order valence-electron chi connectivity index (χ4n) is 7.05. The van der Waals surface area contributed by atoms with Gasteiger partial charge in [0, 0.05) is 29.8 Å². The van der Waals surface area contributed by atoms with Crippen molar-refractivity contribution < 1.29 is 0 Å². The number of pyridine rings is 1. The first kappa shape index (κ1) is 21.1. The Kier molecular flexibility index (Phi) is 4.92. The Hall–Kier alpha value is -3.24. The lowest BCUT2D eigenvalue weighted by atomic mass is 9.68. The van der Waals surface area contributed by atoms with Crippen molar-refractivity contribution in [3.63, 3.8) is 0 Å². The molecule has 0 amide bonds. The molecular formula is C31H32N4. The molecule has 4 atom stereocenters. The fourth-order valence-corrected chi connectivity index (χ4v) is 7.05. The van der Waals surface area contributed by atoms with Crippen LogP contribution in [0.2, 0.25) is 0 Å². The molecule has 4 nitrogen and oxygen atoms in total. The maximum absolute atomic E-state index is 4.73. The maximum Gasteiger partial charge on any atom is 0.138 e. The number of nitrogens with one attached hydrogen (secondary N) is 1. The molecule has 0 bridgehead atoms. The van der Waals surface area contributed by atoms with E-state index in [0.717, 1.165) is 22.4 Å². The van der Waals surface area contributed by atoms with Crippen LogP contribution in [0.5, 0.6) is 0 Å². The molecule has 2 aromatic heterocycles. The molecule has 35 heavy (non-hydrogen) atoms. The second-order valence-corrected chi connectivity index (χ2v) is 10.9. The highest BCUT2D eigenvalue weighted by molar-refractivity contribution is 5.78. The third kappa shape index (κ3) is 3.46. The van der Waals surface area contributed by atoms with Gasteiger partial charge < -0.3 is 9.88 Å². The van der Waals surface area contributed by atoms with E-state index >= 15 is 0 Å². The van der Waals surface area contributed by atoms with Gasteiger partial charge in [-0.15, -0.1) is 0 Å². The molecule has 1 N–H and O–H groups in total. The van der Waals surface area contributed by atoms with Gasteiger partial charge in [-0.3, -0.25) is 4.98 Å². The standard InChI is InChI=1S/C31H32N4/c1-21-20-35(17-15-31(21)14-12-23-4-2-3-5-27(23)31)26-11-10-25(18-26)22-6-8-24(9-7-22)30-33-28-13-16-32-19-29(28)34-30/h2-9,12-14,16,19,21,25-26H,10-11,15,17-18,20H2,1H3,(H,33,34). The van der Waals surface area contributed by atoms with Crippen LogP contribution >= 0.6 is 0 Å². The van der Waals surface area contributed by atoms with Gasteiger partial charge in [-0.1, -0.05) is 67.6 Å². The molecule has 4 heteroatoms. The zero-order valence-corrected chi connectivity index (χ0v) is 20.3. The molecule has 7 rings (SSSR count). The van der Waals surface area contributed by atoms with Gasteiger partial charge >= 0.3 is 0 Å². The number of nitrogens with zero attached hydrogens (tertiary/aromatic N) is 3. The Morgan fingerprint density at radius 3 is 2.77 bits per heavy atom. The molecule has 2 aromatic carbocycles. The third-order valence-electron chi connectivity index (χ3n) is 9.08. The van der Waals surface area contributed by atoms with Crippen molar-refractivity contribution in [1.29, 1.82) is 0 Å². The van der Waals surface area contributed by atoms with Crippen molar-refractivity contribution in [1.82, 2.24) is 19.9 Å².